The van der Waals surface area contributed by atoms with Gasteiger partial charge in [-0.2, -0.15) is 0 Å². The molecular weight excluding hydrogens is 204 g/mol. The van der Waals surface area contributed by atoms with Crippen LogP contribution in [0.1, 0.15) is 54.7 Å². The molecule has 0 fully saturated rings. The van der Waals surface area contributed by atoms with Gasteiger partial charge in [0, 0.05) is 6.42 Å². The molecule has 0 aromatic carbocycles. The van der Waals surface area contributed by atoms with Crippen molar-refractivity contribution in [2.75, 3.05) is 0 Å². The normalized spacial score (nSPS) is 17.9. The van der Waals surface area contributed by atoms with E-state index >= 15 is 0 Å². The third-order valence-corrected chi connectivity index (χ3v) is 3.64. The molecule has 0 radical (unpaired) electrons. The summed E-state index contributed by atoms with van der Waals surface area (Å²) in [5.41, 5.74) is -0.368. The second kappa shape index (κ2) is 3.54. The molecule has 86 valence electrons. The lowest BCUT2D eigenvalue weighted by atomic mass is 9.79. The number of nitrogens with zero attached hydrogens (tertiary/aromatic N) is 2. The summed E-state index contributed by atoms with van der Waals surface area (Å²) < 4.78 is 1.51. The summed E-state index contributed by atoms with van der Waals surface area (Å²) in [4.78, 5) is 28.7. The number of fused-ring (bicyclic) bond motifs is 1. The van der Waals surface area contributed by atoms with Crippen molar-refractivity contribution in [3.63, 3.8) is 0 Å². The molecule has 0 unspecified atom stereocenters. The highest BCUT2D eigenvalue weighted by molar-refractivity contribution is 6.20. The number of carbonyl (C=O) groups excluding carboxylic acids is 2. The van der Waals surface area contributed by atoms with E-state index < -0.39 is 5.41 Å². The molecule has 0 bridgehead atoms. The van der Waals surface area contributed by atoms with Crippen LogP contribution in [0.25, 0.3) is 0 Å². The number of aromatic nitrogens is 2. The molecule has 1 aliphatic heterocycles. The van der Waals surface area contributed by atoms with Gasteiger partial charge < -0.3 is 0 Å². The summed E-state index contributed by atoms with van der Waals surface area (Å²) in [5, 5.41) is 0. The van der Waals surface area contributed by atoms with Crippen LogP contribution >= 0.6 is 0 Å². The summed E-state index contributed by atoms with van der Waals surface area (Å²) in [5.74, 6) is 0.540. The zero-order valence-electron chi connectivity index (χ0n) is 9.91. The van der Waals surface area contributed by atoms with Crippen LogP contribution in [0.4, 0.5) is 0 Å². The van der Waals surface area contributed by atoms with Crippen molar-refractivity contribution in [2.45, 2.75) is 40.0 Å². The Balaban J connectivity index is 2.61. The van der Waals surface area contributed by atoms with E-state index in [9.17, 15) is 9.59 Å². The Morgan fingerprint density at radius 2 is 1.88 bits per heavy atom. The third kappa shape index (κ3) is 1.07. The van der Waals surface area contributed by atoms with Gasteiger partial charge in [-0.25, -0.2) is 4.98 Å². The van der Waals surface area contributed by atoms with Crippen molar-refractivity contribution < 1.29 is 9.59 Å². The van der Waals surface area contributed by atoms with Crippen molar-refractivity contribution in [1.82, 2.24) is 9.55 Å². The predicted octanol–water partition coefficient (Wildman–Crippen LogP) is 2.09. The molecule has 0 N–H and O–H groups in total. The first-order valence-corrected chi connectivity index (χ1v) is 5.78. The lowest BCUT2D eigenvalue weighted by Crippen LogP contribution is -2.34. The van der Waals surface area contributed by atoms with E-state index in [4.69, 9.17) is 0 Å². The van der Waals surface area contributed by atoms with Crippen LogP contribution in [-0.2, 0) is 6.42 Å². The van der Waals surface area contributed by atoms with E-state index in [2.05, 4.69) is 4.98 Å². The van der Waals surface area contributed by atoms with Gasteiger partial charge in [0.2, 0.25) is 5.91 Å². The maximum absolute atomic E-state index is 12.3. The number of aryl methyl sites for hydroxylation is 1. The summed E-state index contributed by atoms with van der Waals surface area (Å²) in [7, 11) is 0. The van der Waals surface area contributed by atoms with Crippen LogP contribution in [-0.4, -0.2) is 21.2 Å². The van der Waals surface area contributed by atoms with Gasteiger partial charge in [-0.15, -0.1) is 0 Å². The number of rotatable bonds is 3. The molecule has 2 rings (SSSR count). The van der Waals surface area contributed by atoms with Gasteiger partial charge in [-0.1, -0.05) is 20.8 Å². The van der Waals surface area contributed by atoms with E-state index in [0.717, 1.165) is 0 Å². The molecule has 0 spiro atoms. The van der Waals surface area contributed by atoms with Gasteiger partial charge in [0.1, 0.15) is 16.9 Å². The second-order valence-electron chi connectivity index (χ2n) is 4.17. The molecule has 0 aliphatic carbocycles. The lowest BCUT2D eigenvalue weighted by molar-refractivity contribution is 0.0645. The highest BCUT2D eigenvalue weighted by Gasteiger charge is 2.51. The molecule has 16 heavy (non-hydrogen) atoms. The van der Waals surface area contributed by atoms with E-state index in [1.165, 1.54) is 10.8 Å². The molecule has 4 nitrogen and oxygen atoms in total. The maximum atomic E-state index is 12.3. The minimum atomic E-state index is -0.831. The standard InChI is InChI=1S/C12H16N2O2/c1-4-9-13-7-8-10(15)12(5-2,6-3)11(16)14(8)9/h7H,4-6H2,1-3H3. The molecule has 4 heteroatoms. The fourth-order valence-corrected chi connectivity index (χ4v) is 2.46. The molecule has 1 aromatic heterocycles. The lowest BCUT2D eigenvalue weighted by Gasteiger charge is -2.21. The predicted molar refractivity (Wildman–Crippen MR) is 59.6 cm³/mol. The molecular formula is C12H16N2O2. The molecule has 0 atom stereocenters. The minimum Gasteiger partial charge on any atom is -0.291 e. The van der Waals surface area contributed by atoms with Gasteiger partial charge in [-0.05, 0) is 12.8 Å². The number of hydrogen-bond donors (Lipinski definition) is 0. The first kappa shape index (κ1) is 11.0. The van der Waals surface area contributed by atoms with Crippen LogP contribution in [0.3, 0.4) is 0 Å². The van der Waals surface area contributed by atoms with Gasteiger partial charge in [0.05, 0.1) is 6.20 Å². The average Bonchev–Trinajstić information content (AvgIpc) is 2.80. The van der Waals surface area contributed by atoms with Gasteiger partial charge >= 0.3 is 0 Å². The Hall–Kier alpha value is -1.45. The van der Waals surface area contributed by atoms with E-state index in [1.807, 2.05) is 20.8 Å². The van der Waals surface area contributed by atoms with Crippen molar-refractivity contribution in [1.29, 1.82) is 0 Å². The monoisotopic (exact) mass is 220 g/mol. The zero-order chi connectivity index (χ0) is 11.9. The first-order chi connectivity index (χ1) is 7.62. The Morgan fingerprint density at radius 3 is 2.38 bits per heavy atom. The summed E-state index contributed by atoms with van der Waals surface area (Å²) in [6.45, 7) is 5.72. The van der Waals surface area contributed by atoms with Crippen LogP contribution in [0.15, 0.2) is 6.20 Å². The summed E-state index contributed by atoms with van der Waals surface area (Å²) >= 11 is 0. The Morgan fingerprint density at radius 1 is 1.25 bits per heavy atom. The third-order valence-electron chi connectivity index (χ3n) is 3.64. The second-order valence-corrected chi connectivity index (χ2v) is 4.17. The molecule has 1 aliphatic rings. The molecule has 0 saturated carbocycles. The average molecular weight is 220 g/mol. The number of carbonyl (C=O) groups is 2. The Labute approximate surface area is 94.7 Å². The zero-order valence-corrected chi connectivity index (χ0v) is 9.91. The first-order valence-electron chi connectivity index (χ1n) is 5.78. The van der Waals surface area contributed by atoms with Gasteiger partial charge in [0.15, 0.2) is 5.78 Å². The van der Waals surface area contributed by atoms with Crippen LogP contribution < -0.4 is 0 Å². The van der Waals surface area contributed by atoms with Gasteiger partial charge in [-0.3, -0.25) is 14.2 Å². The van der Waals surface area contributed by atoms with Crippen LogP contribution in [0.2, 0.25) is 0 Å². The molecule has 0 amide bonds. The largest absolute Gasteiger partial charge is 0.291 e. The van der Waals surface area contributed by atoms with Crippen molar-refractivity contribution in [3.05, 3.63) is 17.7 Å². The quantitative estimate of drug-likeness (QED) is 0.733. The number of ketones is 1. The van der Waals surface area contributed by atoms with Crippen molar-refractivity contribution in [2.24, 2.45) is 5.41 Å². The topological polar surface area (TPSA) is 52.0 Å². The minimum absolute atomic E-state index is 0.0605. The summed E-state index contributed by atoms with van der Waals surface area (Å²) in [6, 6.07) is 0. The SMILES string of the molecule is CCc1ncc2n1C(=O)C(CC)(CC)C2=O. The molecule has 0 saturated heterocycles. The van der Waals surface area contributed by atoms with Crippen LogP contribution in [0.5, 0.6) is 0 Å². The maximum Gasteiger partial charge on any atom is 0.246 e. The Bertz CT molecular complexity index is 456. The molecule has 2 heterocycles. The van der Waals surface area contributed by atoms with Crippen molar-refractivity contribution in [3.8, 4) is 0 Å². The van der Waals surface area contributed by atoms with E-state index in [0.29, 0.717) is 30.8 Å². The van der Waals surface area contributed by atoms with E-state index in [1.54, 1.807) is 0 Å². The summed E-state index contributed by atoms with van der Waals surface area (Å²) in [6.07, 6.45) is 3.33. The van der Waals surface area contributed by atoms with Gasteiger partial charge in [0.25, 0.3) is 0 Å². The van der Waals surface area contributed by atoms with Crippen molar-refractivity contribution >= 4 is 11.7 Å². The smallest absolute Gasteiger partial charge is 0.246 e. The highest BCUT2D eigenvalue weighted by atomic mass is 16.2. The van der Waals surface area contributed by atoms with Crippen LogP contribution in [0, 0.1) is 5.41 Å². The fraction of sp³-hybridized carbons (Fsp3) is 0.583. The number of Topliss-reactive ketones (excluding diaryl/α,β-unsaturated/α-hetero) is 1. The fourth-order valence-electron chi connectivity index (χ4n) is 2.46. The molecule has 1 aromatic rings. The van der Waals surface area contributed by atoms with E-state index in [-0.39, 0.29) is 11.7 Å². The number of hydrogen-bond acceptors (Lipinski definition) is 3. The Kier molecular flexibility index (Phi) is 2.45. The highest BCUT2D eigenvalue weighted by Crippen LogP contribution is 2.39. The number of imidazole rings is 1.